The summed E-state index contributed by atoms with van der Waals surface area (Å²) >= 11 is 3.27. The van der Waals surface area contributed by atoms with Crippen molar-refractivity contribution in [3.63, 3.8) is 0 Å². The van der Waals surface area contributed by atoms with Crippen LogP contribution in [0.25, 0.3) is 0 Å². The molecule has 0 aliphatic heterocycles. The van der Waals surface area contributed by atoms with E-state index in [-0.39, 0.29) is 18.9 Å². The lowest BCUT2D eigenvalue weighted by Crippen LogP contribution is -2.27. The molecule has 2 rings (SSSR count). The van der Waals surface area contributed by atoms with Crippen LogP contribution < -0.4 is 5.32 Å². The Balaban J connectivity index is 1.84. The lowest BCUT2D eigenvalue weighted by molar-refractivity contribution is -0.137. The minimum absolute atomic E-state index is 0.176. The molecular weight excluding hydrogens is 373 g/mol. The zero-order chi connectivity index (χ0) is 16.9. The number of carbonyl (C=O) groups excluding carboxylic acids is 1. The first-order valence-corrected chi connectivity index (χ1v) is 7.66. The molecule has 2 aromatic rings. The van der Waals surface area contributed by atoms with Crippen LogP contribution in [0.1, 0.15) is 16.7 Å². The Morgan fingerprint density at radius 2 is 1.96 bits per heavy atom. The molecule has 122 valence electrons. The van der Waals surface area contributed by atoms with Gasteiger partial charge in [0.2, 0.25) is 5.91 Å². The highest BCUT2D eigenvalue weighted by molar-refractivity contribution is 9.10. The van der Waals surface area contributed by atoms with Crippen molar-refractivity contribution in [2.75, 3.05) is 6.54 Å². The largest absolute Gasteiger partial charge is 0.416 e. The van der Waals surface area contributed by atoms with Crippen molar-refractivity contribution in [3.8, 4) is 0 Å². The summed E-state index contributed by atoms with van der Waals surface area (Å²) in [5.74, 6) is -0.197. The van der Waals surface area contributed by atoms with E-state index in [9.17, 15) is 18.0 Å². The van der Waals surface area contributed by atoms with E-state index in [2.05, 4.69) is 26.2 Å². The second-order valence-corrected chi connectivity index (χ2v) is 5.90. The van der Waals surface area contributed by atoms with Crippen molar-refractivity contribution in [3.05, 3.63) is 63.9 Å². The van der Waals surface area contributed by atoms with Crippen LogP contribution in [-0.2, 0) is 23.8 Å². The van der Waals surface area contributed by atoms with Crippen molar-refractivity contribution in [2.24, 2.45) is 0 Å². The van der Waals surface area contributed by atoms with Crippen LogP contribution in [0.3, 0.4) is 0 Å². The number of rotatable bonds is 5. The first kappa shape index (κ1) is 17.5. The van der Waals surface area contributed by atoms with E-state index in [1.54, 1.807) is 24.5 Å². The van der Waals surface area contributed by atoms with Gasteiger partial charge < -0.3 is 5.32 Å². The van der Waals surface area contributed by atoms with Gasteiger partial charge in [0, 0.05) is 23.4 Å². The zero-order valence-corrected chi connectivity index (χ0v) is 13.6. The normalized spacial score (nSPS) is 11.3. The molecule has 0 bridgehead atoms. The lowest BCUT2D eigenvalue weighted by atomic mass is 10.1. The molecular formula is C16H14BrF3N2O. The molecule has 7 heteroatoms. The van der Waals surface area contributed by atoms with Gasteiger partial charge in [0.25, 0.3) is 0 Å². The molecule has 0 aliphatic carbocycles. The Morgan fingerprint density at radius 3 is 2.65 bits per heavy atom. The van der Waals surface area contributed by atoms with E-state index in [0.717, 1.165) is 22.2 Å². The third-order valence-electron chi connectivity index (χ3n) is 3.12. The summed E-state index contributed by atoms with van der Waals surface area (Å²) < 4.78 is 38.6. The van der Waals surface area contributed by atoms with Crippen LogP contribution in [0.2, 0.25) is 0 Å². The summed E-state index contributed by atoms with van der Waals surface area (Å²) in [7, 11) is 0. The van der Waals surface area contributed by atoms with Crippen LogP contribution in [0.15, 0.2) is 47.2 Å². The van der Waals surface area contributed by atoms with Gasteiger partial charge in [-0.3, -0.25) is 9.78 Å². The van der Waals surface area contributed by atoms with Crippen molar-refractivity contribution in [1.29, 1.82) is 0 Å². The number of alkyl halides is 3. The first-order chi connectivity index (χ1) is 10.8. The SMILES string of the molecule is O=C(Cc1cncc(Br)c1)NCCc1cccc(C(F)(F)F)c1. The van der Waals surface area contributed by atoms with Crippen molar-refractivity contribution >= 4 is 21.8 Å². The molecule has 1 heterocycles. The zero-order valence-electron chi connectivity index (χ0n) is 12.0. The summed E-state index contributed by atoms with van der Waals surface area (Å²) in [5, 5.41) is 2.69. The van der Waals surface area contributed by atoms with Gasteiger partial charge >= 0.3 is 6.18 Å². The standard InChI is InChI=1S/C16H14BrF3N2O/c17-14-7-12(9-21-10-14)8-15(23)22-5-4-11-2-1-3-13(6-11)16(18,19)20/h1-3,6-7,9-10H,4-5,8H2,(H,22,23). The smallest absolute Gasteiger partial charge is 0.355 e. The number of hydrogen-bond acceptors (Lipinski definition) is 2. The van der Waals surface area contributed by atoms with Crippen molar-refractivity contribution < 1.29 is 18.0 Å². The molecule has 0 aliphatic rings. The number of nitrogens with zero attached hydrogens (tertiary/aromatic N) is 1. The van der Waals surface area contributed by atoms with E-state index in [1.165, 1.54) is 6.07 Å². The van der Waals surface area contributed by atoms with Crippen molar-refractivity contribution in [2.45, 2.75) is 19.0 Å². The predicted molar refractivity (Wildman–Crippen MR) is 83.8 cm³/mol. The third-order valence-corrected chi connectivity index (χ3v) is 3.55. The monoisotopic (exact) mass is 386 g/mol. The molecule has 0 spiro atoms. The highest BCUT2D eigenvalue weighted by Crippen LogP contribution is 2.29. The van der Waals surface area contributed by atoms with E-state index in [4.69, 9.17) is 0 Å². The van der Waals surface area contributed by atoms with E-state index >= 15 is 0 Å². The summed E-state index contributed by atoms with van der Waals surface area (Å²) in [6.07, 6.45) is -0.624. The van der Waals surface area contributed by atoms with Crippen LogP contribution >= 0.6 is 15.9 Å². The summed E-state index contributed by atoms with van der Waals surface area (Å²) in [5.41, 5.74) is 0.613. The lowest BCUT2D eigenvalue weighted by Gasteiger charge is -2.09. The fraction of sp³-hybridized carbons (Fsp3) is 0.250. The fourth-order valence-corrected chi connectivity index (χ4v) is 2.46. The third kappa shape index (κ3) is 5.67. The molecule has 0 saturated heterocycles. The number of benzene rings is 1. The van der Waals surface area contributed by atoms with Gasteiger partial charge in [-0.1, -0.05) is 18.2 Å². The molecule has 0 unspecified atom stereocenters. The molecule has 0 radical (unpaired) electrons. The second kappa shape index (κ2) is 7.59. The predicted octanol–water partition coefficient (Wildman–Crippen LogP) is 3.76. The number of nitrogens with one attached hydrogen (secondary N) is 1. The van der Waals surface area contributed by atoms with E-state index < -0.39 is 11.7 Å². The number of carbonyl (C=O) groups is 1. The maximum Gasteiger partial charge on any atom is 0.416 e. The van der Waals surface area contributed by atoms with Gasteiger partial charge in [-0.15, -0.1) is 0 Å². The quantitative estimate of drug-likeness (QED) is 0.849. The Morgan fingerprint density at radius 1 is 1.17 bits per heavy atom. The summed E-state index contributed by atoms with van der Waals surface area (Å²) in [6.45, 7) is 0.279. The van der Waals surface area contributed by atoms with Crippen molar-refractivity contribution in [1.82, 2.24) is 10.3 Å². The van der Waals surface area contributed by atoms with Gasteiger partial charge in [-0.25, -0.2) is 0 Å². The number of halogens is 4. The molecule has 0 fully saturated rings. The van der Waals surface area contributed by atoms with Crippen LogP contribution in [0.4, 0.5) is 13.2 Å². The Kier molecular flexibility index (Phi) is 5.76. The number of hydrogen-bond donors (Lipinski definition) is 1. The average Bonchev–Trinajstić information content (AvgIpc) is 2.46. The van der Waals surface area contributed by atoms with E-state index in [0.29, 0.717) is 12.0 Å². The summed E-state index contributed by atoms with van der Waals surface area (Å²) in [6, 6.07) is 6.90. The topological polar surface area (TPSA) is 42.0 Å². The van der Waals surface area contributed by atoms with Gasteiger partial charge in [-0.05, 0) is 45.6 Å². The average molecular weight is 387 g/mol. The van der Waals surface area contributed by atoms with Gasteiger partial charge in [-0.2, -0.15) is 13.2 Å². The second-order valence-electron chi connectivity index (χ2n) is 4.99. The van der Waals surface area contributed by atoms with Gasteiger partial charge in [0.15, 0.2) is 0 Å². The number of aromatic nitrogens is 1. The number of pyridine rings is 1. The maximum absolute atomic E-state index is 12.6. The molecule has 23 heavy (non-hydrogen) atoms. The van der Waals surface area contributed by atoms with Crippen LogP contribution in [-0.4, -0.2) is 17.4 Å². The van der Waals surface area contributed by atoms with Gasteiger partial charge in [0.1, 0.15) is 0 Å². The molecule has 0 saturated carbocycles. The minimum atomic E-state index is -4.35. The van der Waals surface area contributed by atoms with E-state index in [1.807, 2.05) is 0 Å². The van der Waals surface area contributed by atoms with Crippen LogP contribution in [0, 0.1) is 0 Å². The Bertz CT molecular complexity index is 689. The first-order valence-electron chi connectivity index (χ1n) is 6.87. The molecule has 1 aromatic carbocycles. The molecule has 1 amide bonds. The van der Waals surface area contributed by atoms with Gasteiger partial charge in [0.05, 0.1) is 12.0 Å². The fourth-order valence-electron chi connectivity index (χ4n) is 2.05. The number of amides is 1. The molecule has 0 atom stereocenters. The molecule has 1 aromatic heterocycles. The Hall–Kier alpha value is -1.89. The highest BCUT2D eigenvalue weighted by atomic mass is 79.9. The van der Waals surface area contributed by atoms with Crippen LogP contribution in [0.5, 0.6) is 0 Å². The Labute approximate surface area is 140 Å². The molecule has 1 N–H and O–H groups in total. The highest BCUT2D eigenvalue weighted by Gasteiger charge is 2.30. The maximum atomic E-state index is 12.6. The minimum Gasteiger partial charge on any atom is -0.355 e. The molecule has 3 nitrogen and oxygen atoms in total. The summed E-state index contributed by atoms with van der Waals surface area (Å²) in [4.78, 5) is 15.8.